The maximum Gasteiger partial charge on any atom is 0.416 e. The van der Waals surface area contributed by atoms with Crippen molar-refractivity contribution in [1.29, 1.82) is 0 Å². The van der Waals surface area contributed by atoms with E-state index in [4.69, 9.17) is 4.74 Å². The smallest absolute Gasteiger partial charge is 0.416 e. The predicted octanol–water partition coefficient (Wildman–Crippen LogP) is 5.01. The molecule has 2 heterocycles. The molecule has 3 aromatic carbocycles. The lowest BCUT2D eigenvalue weighted by Crippen LogP contribution is -2.49. The molecule has 0 spiro atoms. The first-order chi connectivity index (χ1) is 16.7. The van der Waals surface area contributed by atoms with Gasteiger partial charge < -0.3 is 19.9 Å². The number of alkyl halides is 3. The maximum atomic E-state index is 13.2. The number of likely N-dealkylation sites (N-methyl/N-ethyl adjacent to an activating group) is 1. The molecule has 2 N–H and O–H groups in total. The number of hydrogen-bond donors (Lipinski definition) is 2. The van der Waals surface area contributed by atoms with Crippen molar-refractivity contribution in [2.24, 2.45) is 0 Å². The van der Waals surface area contributed by atoms with Crippen molar-refractivity contribution < 1.29 is 27.5 Å². The summed E-state index contributed by atoms with van der Waals surface area (Å²) in [6, 6.07) is 17.9. The lowest BCUT2D eigenvalue weighted by atomic mass is 10.0. The second-order valence-corrected chi connectivity index (χ2v) is 8.23. The van der Waals surface area contributed by atoms with Crippen LogP contribution >= 0.6 is 0 Å². The van der Waals surface area contributed by atoms with Crippen molar-refractivity contribution in [2.75, 3.05) is 18.6 Å². The Morgan fingerprint density at radius 1 is 1.06 bits per heavy atom. The van der Waals surface area contributed by atoms with Gasteiger partial charge in [-0.15, -0.1) is 0 Å². The Balaban J connectivity index is 1.43. The molecular formula is C26H20F3N3O3. The number of halogens is 3. The normalized spacial score (nSPS) is 15.9. The summed E-state index contributed by atoms with van der Waals surface area (Å²) >= 11 is 0. The van der Waals surface area contributed by atoms with E-state index in [1.54, 1.807) is 61.6 Å². The number of nitrogens with zero attached hydrogens (tertiary/aromatic N) is 1. The number of fused-ring (bicyclic) bond motifs is 2. The van der Waals surface area contributed by atoms with Gasteiger partial charge in [0.25, 0.3) is 11.8 Å². The molecule has 5 rings (SSSR count). The van der Waals surface area contributed by atoms with E-state index in [0.717, 1.165) is 12.1 Å². The average molecular weight is 479 g/mol. The molecule has 0 saturated carbocycles. The lowest BCUT2D eigenvalue weighted by molar-refractivity contribution is -0.137. The van der Waals surface area contributed by atoms with Crippen LogP contribution in [0.4, 0.5) is 18.9 Å². The summed E-state index contributed by atoms with van der Waals surface area (Å²) in [5.74, 6) is -0.321. The summed E-state index contributed by atoms with van der Waals surface area (Å²) in [5, 5.41) is 3.36. The van der Waals surface area contributed by atoms with E-state index >= 15 is 0 Å². The molecule has 178 valence electrons. The molecule has 6 nitrogen and oxygen atoms in total. The number of aromatic nitrogens is 1. The second kappa shape index (κ2) is 8.50. The van der Waals surface area contributed by atoms with Crippen LogP contribution in [0.1, 0.15) is 16.1 Å². The zero-order valence-corrected chi connectivity index (χ0v) is 18.5. The summed E-state index contributed by atoms with van der Waals surface area (Å²) in [6.45, 7) is -0.0400. The van der Waals surface area contributed by atoms with Crippen molar-refractivity contribution in [1.82, 2.24) is 10.3 Å². The third-order valence-corrected chi connectivity index (χ3v) is 5.97. The van der Waals surface area contributed by atoms with Gasteiger partial charge in [-0.05, 0) is 35.9 Å². The first kappa shape index (κ1) is 22.5. The topological polar surface area (TPSA) is 74.4 Å². The molecule has 0 bridgehead atoms. The highest BCUT2D eigenvalue weighted by atomic mass is 19.4. The summed E-state index contributed by atoms with van der Waals surface area (Å²) < 4.78 is 45.3. The summed E-state index contributed by atoms with van der Waals surface area (Å²) in [5.41, 5.74) is 1.43. The Hall–Kier alpha value is -4.27. The largest absolute Gasteiger partial charge is 0.489 e. The van der Waals surface area contributed by atoms with Gasteiger partial charge >= 0.3 is 6.18 Å². The first-order valence-corrected chi connectivity index (χ1v) is 10.8. The summed E-state index contributed by atoms with van der Waals surface area (Å²) in [6.07, 6.45) is -4.47. The molecule has 1 atom stereocenters. The Morgan fingerprint density at radius 3 is 2.63 bits per heavy atom. The van der Waals surface area contributed by atoms with Crippen molar-refractivity contribution in [3.63, 3.8) is 0 Å². The molecule has 9 heteroatoms. The van der Waals surface area contributed by atoms with E-state index in [9.17, 15) is 22.8 Å². The van der Waals surface area contributed by atoms with Crippen molar-refractivity contribution in [3.8, 4) is 16.9 Å². The van der Waals surface area contributed by atoms with Crippen LogP contribution in [0, 0.1) is 0 Å². The van der Waals surface area contributed by atoms with Crippen LogP contribution in [0.5, 0.6) is 5.75 Å². The van der Waals surface area contributed by atoms with Crippen LogP contribution in [-0.2, 0) is 11.0 Å². The number of carbonyl (C=O) groups excluding carboxylic acids is 2. The van der Waals surface area contributed by atoms with Crippen LogP contribution < -0.4 is 15.0 Å². The summed E-state index contributed by atoms with van der Waals surface area (Å²) in [7, 11) is 1.61. The number of carbonyl (C=O) groups is 2. The molecule has 1 unspecified atom stereocenters. The van der Waals surface area contributed by atoms with Crippen LogP contribution in [0.15, 0.2) is 72.8 Å². The molecule has 1 aliphatic heterocycles. The molecule has 0 fully saturated rings. The number of nitrogens with one attached hydrogen (secondary N) is 2. The minimum Gasteiger partial charge on any atom is -0.489 e. The maximum absolute atomic E-state index is 13.2. The predicted molar refractivity (Wildman–Crippen MR) is 125 cm³/mol. The fourth-order valence-electron chi connectivity index (χ4n) is 4.17. The molecule has 1 aromatic heterocycles. The standard InChI is InChI=1S/C26H20F3N3O3/c1-32-21-10-2-3-11-22(21)35-14-20(25(32)34)31-24(33)19-13-16-7-5-9-18(23(16)30-19)15-6-4-8-17(12-15)26(27,28)29/h2-13,20,30H,14H2,1H3,(H,31,33). The molecule has 2 amide bonds. The molecule has 1 aliphatic rings. The number of amides is 2. The van der Waals surface area contributed by atoms with Crippen molar-refractivity contribution in [3.05, 3.63) is 84.1 Å². The molecule has 35 heavy (non-hydrogen) atoms. The van der Waals surface area contributed by atoms with Crippen LogP contribution in [0.25, 0.3) is 22.0 Å². The highest BCUT2D eigenvalue weighted by molar-refractivity contribution is 6.05. The van der Waals surface area contributed by atoms with Gasteiger partial charge in [-0.25, -0.2) is 0 Å². The molecular weight excluding hydrogens is 459 g/mol. The molecule has 0 radical (unpaired) electrons. The monoisotopic (exact) mass is 479 g/mol. The minimum absolute atomic E-state index is 0.0400. The zero-order chi connectivity index (χ0) is 24.7. The van der Waals surface area contributed by atoms with Gasteiger partial charge in [0.1, 0.15) is 24.1 Å². The van der Waals surface area contributed by atoms with Crippen LogP contribution in [-0.4, -0.2) is 36.5 Å². The SMILES string of the molecule is CN1C(=O)C(NC(=O)c2cc3cccc(-c4cccc(C(F)(F)F)c4)c3[nH]2)COc2ccccc21. The van der Waals surface area contributed by atoms with Gasteiger partial charge in [-0.3, -0.25) is 9.59 Å². The van der Waals surface area contributed by atoms with Crippen molar-refractivity contribution >= 4 is 28.4 Å². The van der Waals surface area contributed by atoms with Gasteiger partial charge in [0, 0.05) is 18.0 Å². The third kappa shape index (κ3) is 4.21. The number of aromatic amines is 1. The number of hydrogen-bond acceptors (Lipinski definition) is 3. The second-order valence-electron chi connectivity index (χ2n) is 8.23. The van der Waals surface area contributed by atoms with E-state index in [1.807, 2.05) is 0 Å². The van der Waals surface area contributed by atoms with E-state index in [1.165, 1.54) is 11.0 Å². The zero-order valence-electron chi connectivity index (χ0n) is 18.5. The number of benzene rings is 3. The van der Waals surface area contributed by atoms with Gasteiger partial charge in [0.15, 0.2) is 0 Å². The molecule has 0 aliphatic carbocycles. The van der Waals surface area contributed by atoms with Crippen LogP contribution in [0.2, 0.25) is 0 Å². The van der Waals surface area contributed by atoms with Crippen molar-refractivity contribution in [2.45, 2.75) is 12.2 Å². The lowest BCUT2D eigenvalue weighted by Gasteiger charge is -2.20. The fraction of sp³-hybridized carbons (Fsp3) is 0.154. The highest BCUT2D eigenvalue weighted by Crippen LogP contribution is 2.35. The molecule has 0 saturated heterocycles. The van der Waals surface area contributed by atoms with Gasteiger partial charge in [0.05, 0.1) is 16.8 Å². The van der Waals surface area contributed by atoms with Crippen LogP contribution in [0.3, 0.4) is 0 Å². The van der Waals surface area contributed by atoms with Gasteiger partial charge in [0.2, 0.25) is 0 Å². The van der Waals surface area contributed by atoms with E-state index in [-0.39, 0.29) is 18.2 Å². The van der Waals surface area contributed by atoms with Gasteiger partial charge in [-0.2, -0.15) is 13.2 Å². The minimum atomic E-state index is -4.47. The third-order valence-electron chi connectivity index (χ3n) is 5.97. The van der Waals surface area contributed by atoms with E-state index in [2.05, 4.69) is 10.3 Å². The molecule has 4 aromatic rings. The Bertz CT molecular complexity index is 1440. The number of ether oxygens (including phenoxy) is 1. The van der Waals surface area contributed by atoms with E-state index in [0.29, 0.717) is 33.5 Å². The number of anilines is 1. The fourth-order valence-corrected chi connectivity index (χ4v) is 4.17. The Labute approximate surface area is 198 Å². The Morgan fingerprint density at radius 2 is 1.83 bits per heavy atom. The number of rotatable bonds is 3. The van der Waals surface area contributed by atoms with Gasteiger partial charge in [-0.1, -0.05) is 42.5 Å². The number of H-pyrrole nitrogens is 1. The quantitative estimate of drug-likeness (QED) is 0.434. The highest BCUT2D eigenvalue weighted by Gasteiger charge is 2.32. The average Bonchev–Trinajstić information content (AvgIpc) is 3.25. The summed E-state index contributed by atoms with van der Waals surface area (Å²) in [4.78, 5) is 30.4. The first-order valence-electron chi connectivity index (χ1n) is 10.8. The Kier molecular flexibility index (Phi) is 5.47. The number of para-hydroxylation sites is 3. The van der Waals surface area contributed by atoms with E-state index < -0.39 is 23.7 Å².